The summed E-state index contributed by atoms with van der Waals surface area (Å²) in [5, 5.41) is 0. The van der Waals surface area contributed by atoms with Crippen LogP contribution in [0, 0.1) is 0 Å². The maximum Gasteiger partial charge on any atom is 0.118 e. The van der Waals surface area contributed by atoms with Crippen LogP contribution in [0.2, 0.25) is 0 Å². The molecular weight excluding hydrogens is 250 g/mol. The molecule has 110 valence electrons. The van der Waals surface area contributed by atoms with E-state index < -0.39 is 25.1 Å². The van der Waals surface area contributed by atoms with Crippen molar-refractivity contribution in [3.05, 3.63) is 29.8 Å². The first-order chi connectivity index (χ1) is 11.6. The average Bonchev–Trinajstić information content (AvgIpc) is 2.53. The molecule has 0 N–H and O–H groups in total. The Bertz CT molecular complexity index is 596. The van der Waals surface area contributed by atoms with Gasteiger partial charge in [0.05, 0.1) is 23.5 Å². The van der Waals surface area contributed by atoms with Crippen LogP contribution < -0.4 is 4.74 Å². The zero-order valence-corrected chi connectivity index (χ0v) is 11.9. The minimum atomic E-state index is -2.49. The summed E-state index contributed by atoms with van der Waals surface area (Å²) >= 11 is 0. The van der Waals surface area contributed by atoms with Crippen molar-refractivity contribution in [3.8, 4) is 5.75 Å². The second-order valence-electron chi connectivity index (χ2n) is 5.83. The van der Waals surface area contributed by atoms with Crippen molar-refractivity contribution in [1.82, 2.24) is 4.90 Å². The normalized spacial score (nSPS) is 33.5. The summed E-state index contributed by atoms with van der Waals surface area (Å²) in [6, 6.07) is 6.73. The van der Waals surface area contributed by atoms with Crippen LogP contribution in [-0.4, -0.2) is 37.8 Å². The van der Waals surface area contributed by atoms with E-state index in [2.05, 4.69) is 0 Å². The van der Waals surface area contributed by atoms with E-state index in [0.717, 1.165) is 37.7 Å². The van der Waals surface area contributed by atoms with Gasteiger partial charge in [-0.3, -0.25) is 4.90 Å². The zero-order chi connectivity index (χ0) is 18.3. The average molecular weight is 280 g/mol. The molecule has 0 amide bonds. The number of ether oxygens (including phenoxy) is 2. The zero-order valence-electron chi connectivity index (χ0n) is 16.9. The maximum atomic E-state index is 8.68. The molecule has 3 heteroatoms. The van der Waals surface area contributed by atoms with Gasteiger partial charge in [-0.2, -0.15) is 0 Å². The molecule has 1 saturated heterocycles. The second-order valence-corrected chi connectivity index (χ2v) is 5.83. The third-order valence-corrected chi connectivity index (χ3v) is 4.45. The lowest BCUT2D eigenvalue weighted by atomic mass is 9.71. The third kappa shape index (κ3) is 2.57. The monoisotopic (exact) mass is 280 g/mol. The molecule has 20 heavy (non-hydrogen) atoms. The minimum absolute atomic E-state index is 0.257. The smallest absolute Gasteiger partial charge is 0.118 e. The molecule has 1 saturated carbocycles. The van der Waals surface area contributed by atoms with E-state index in [1.165, 1.54) is 0 Å². The lowest BCUT2D eigenvalue weighted by Crippen LogP contribution is -2.52. The van der Waals surface area contributed by atoms with Crippen LogP contribution in [0.25, 0.3) is 0 Å². The standard InChI is InChI=1S/C17H25NO2/c1-18-12-16(14-6-8-15(19-2)9-7-14)17(20-13-18)10-4-3-5-11-17/h6-9,16H,3-5,10-13H2,1-2H3/i2D3,12D2. The predicted molar refractivity (Wildman–Crippen MR) is 80.1 cm³/mol. The summed E-state index contributed by atoms with van der Waals surface area (Å²) in [5.41, 5.74) is 0.317. The summed E-state index contributed by atoms with van der Waals surface area (Å²) in [6.07, 6.45) is 4.92. The van der Waals surface area contributed by atoms with Crippen molar-refractivity contribution < 1.29 is 16.3 Å². The molecule has 0 bridgehead atoms. The highest BCUT2D eigenvalue weighted by molar-refractivity contribution is 5.32. The van der Waals surface area contributed by atoms with Crippen molar-refractivity contribution >= 4 is 0 Å². The first kappa shape index (κ1) is 9.06. The Balaban J connectivity index is 1.94. The van der Waals surface area contributed by atoms with Gasteiger partial charge in [-0.15, -0.1) is 0 Å². The van der Waals surface area contributed by atoms with E-state index in [0.29, 0.717) is 0 Å². The number of methoxy groups -OCH3 is 1. The first-order valence-electron chi connectivity index (χ1n) is 9.78. The molecule has 1 aromatic carbocycles. The molecule has 1 unspecified atom stereocenters. The summed E-state index contributed by atoms with van der Waals surface area (Å²) in [6.45, 7) is -1.26. The molecule has 1 atom stereocenters. The highest BCUT2D eigenvalue weighted by atomic mass is 16.5. The Kier molecular flexibility index (Phi) is 2.60. The Morgan fingerprint density at radius 2 is 2.05 bits per heavy atom. The third-order valence-electron chi connectivity index (χ3n) is 4.45. The predicted octanol–water partition coefficient (Wildman–Crippen LogP) is 3.40. The molecular formula is C17H25NO2. The second kappa shape index (κ2) is 5.74. The SMILES string of the molecule is [2H]C([2H])([2H])Oc1ccc(C2C3(CCCCC3)OCN(C)C2([2H])[2H])cc1. The lowest BCUT2D eigenvalue weighted by molar-refractivity contribution is -0.161. The van der Waals surface area contributed by atoms with Gasteiger partial charge in [-0.05, 0) is 37.6 Å². The van der Waals surface area contributed by atoms with Crippen molar-refractivity contribution in [2.24, 2.45) is 0 Å². The van der Waals surface area contributed by atoms with E-state index in [4.69, 9.17) is 16.3 Å². The minimum Gasteiger partial charge on any atom is -0.497 e. The fourth-order valence-corrected chi connectivity index (χ4v) is 3.37. The fraction of sp³-hybridized carbons (Fsp3) is 0.647. The molecule has 0 radical (unpaired) electrons. The topological polar surface area (TPSA) is 21.7 Å². The number of likely N-dealkylation sites (N-methyl/N-ethyl adjacent to an activating group) is 1. The summed E-state index contributed by atoms with van der Waals surface area (Å²) < 4.78 is 50.0. The molecule has 2 fully saturated rings. The van der Waals surface area contributed by atoms with Gasteiger partial charge in [0, 0.05) is 15.2 Å². The molecule has 3 nitrogen and oxygen atoms in total. The largest absolute Gasteiger partial charge is 0.497 e. The van der Waals surface area contributed by atoms with E-state index in [9.17, 15) is 0 Å². The van der Waals surface area contributed by atoms with Crippen molar-refractivity contribution in [1.29, 1.82) is 0 Å². The summed E-state index contributed by atoms with van der Waals surface area (Å²) in [7, 11) is -0.760. The Labute approximate surface area is 128 Å². The fourth-order valence-electron chi connectivity index (χ4n) is 3.37. The molecule has 3 rings (SSSR count). The molecule has 1 heterocycles. The van der Waals surface area contributed by atoms with Gasteiger partial charge in [-0.1, -0.05) is 31.4 Å². The van der Waals surface area contributed by atoms with Crippen molar-refractivity contribution in [2.75, 3.05) is 27.3 Å². The highest BCUT2D eigenvalue weighted by Crippen LogP contribution is 2.45. The van der Waals surface area contributed by atoms with Crippen LogP contribution in [0.3, 0.4) is 0 Å². The number of hydrogen-bond donors (Lipinski definition) is 0. The van der Waals surface area contributed by atoms with E-state index in [1.807, 2.05) is 0 Å². The van der Waals surface area contributed by atoms with Crippen LogP contribution in [0.15, 0.2) is 24.3 Å². The van der Waals surface area contributed by atoms with Gasteiger partial charge in [0.1, 0.15) is 5.75 Å². The number of rotatable bonds is 2. The molecule has 2 aliphatic rings. The first-order valence-corrected chi connectivity index (χ1v) is 7.28. The number of hydrogen-bond acceptors (Lipinski definition) is 3. The van der Waals surface area contributed by atoms with E-state index in [1.54, 1.807) is 36.2 Å². The van der Waals surface area contributed by atoms with Gasteiger partial charge in [0.2, 0.25) is 0 Å². The maximum absolute atomic E-state index is 8.68. The van der Waals surface area contributed by atoms with E-state index >= 15 is 0 Å². The van der Waals surface area contributed by atoms with Crippen LogP contribution >= 0.6 is 0 Å². The lowest BCUT2D eigenvalue weighted by Gasteiger charge is -2.49. The number of nitrogens with zero attached hydrogens (tertiary/aromatic N) is 1. The molecule has 1 aliphatic heterocycles. The van der Waals surface area contributed by atoms with Crippen molar-refractivity contribution in [3.63, 3.8) is 0 Å². The van der Waals surface area contributed by atoms with Crippen LogP contribution in [-0.2, 0) is 4.74 Å². The quantitative estimate of drug-likeness (QED) is 0.829. The van der Waals surface area contributed by atoms with Crippen molar-refractivity contribution in [2.45, 2.75) is 43.6 Å². The molecule has 0 aromatic heterocycles. The van der Waals surface area contributed by atoms with Crippen LogP contribution in [0.1, 0.15) is 50.4 Å². The molecule has 1 spiro atoms. The van der Waals surface area contributed by atoms with Crippen LogP contribution in [0.5, 0.6) is 5.75 Å². The summed E-state index contributed by atoms with van der Waals surface area (Å²) in [4.78, 5) is 1.60. The van der Waals surface area contributed by atoms with Gasteiger partial charge in [-0.25, -0.2) is 0 Å². The Morgan fingerprint density at radius 1 is 1.30 bits per heavy atom. The summed E-state index contributed by atoms with van der Waals surface area (Å²) in [5.74, 6) is -0.173. The molecule has 1 aromatic rings. The van der Waals surface area contributed by atoms with Gasteiger partial charge >= 0.3 is 0 Å². The molecule has 1 aliphatic carbocycles. The van der Waals surface area contributed by atoms with Gasteiger partial charge in [0.25, 0.3) is 0 Å². The number of benzene rings is 1. The van der Waals surface area contributed by atoms with E-state index in [-0.39, 0.29) is 12.5 Å². The van der Waals surface area contributed by atoms with Crippen LogP contribution in [0.4, 0.5) is 0 Å². The van der Waals surface area contributed by atoms with Gasteiger partial charge in [0.15, 0.2) is 0 Å². The van der Waals surface area contributed by atoms with Gasteiger partial charge < -0.3 is 9.47 Å². The highest BCUT2D eigenvalue weighted by Gasteiger charge is 2.44. The Morgan fingerprint density at radius 3 is 2.75 bits per heavy atom. The Hall–Kier alpha value is -1.06.